The Morgan fingerprint density at radius 3 is 2.48 bits per heavy atom. The van der Waals surface area contributed by atoms with Crippen LogP contribution in [0.4, 0.5) is 0 Å². The number of nitrogens with zero attached hydrogens (tertiary/aromatic N) is 1. The minimum Gasteiger partial charge on any atom is -0.391 e. The summed E-state index contributed by atoms with van der Waals surface area (Å²) < 4.78 is 0. The summed E-state index contributed by atoms with van der Waals surface area (Å²) in [6, 6.07) is 2.45. The zero-order chi connectivity index (χ0) is 23.6. The van der Waals surface area contributed by atoms with Gasteiger partial charge in [0, 0.05) is 0 Å². The molecule has 3 heteroatoms. The van der Waals surface area contributed by atoms with Crippen LogP contribution in [0.3, 0.4) is 0 Å². The van der Waals surface area contributed by atoms with Crippen molar-refractivity contribution < 1.29 is 10.2 Å². The van der Waals surface area contributed by atoms with Crippen LogP contribution in [-0.2, 0) is 0 Å². The maximum Gasteiger partial charge on any atom is 0.0832 e. The first-order valence-corrected chi connectivity index (χ1v) is 14.1. The molecule has 0 bridgehead atoms. The van der Waals surface area contributed by atoms with Gasteiger partial charge in [-0.15, -0.1) is 0 Å². The van der Waals surface area contributed by atoms with Crippen LogP contribution in [0.2, 0.25) is 0 Å². The van der Waals surface area contributed by atoms with Gasteiger partial charge in [0.05, 0.1) is 23.2 Å². The minimum atomic E-state index is -0.469. The van der Waals surface area contributed by atoms with Crippen molar-refractivity contribution in [2.45, 2.75) is 123 Å². The Bertz CT molecular complexity index is 835. The van der Waals surface area contributed by atoms with E-state index in [0.29, 0.717) is 22.7 Å². The third-order valence-corrected chi connectivity index (χ3v) is 12.1. The lowest BCUT2D eigenvalue weighted by atomic mass is 9.47. The first-order chi connectivity index (χ1) is 15.5. The van der Waals surface area contributed by atoms with Crippen molar-refractivity contribution in [1.29, 1.82) is 5.26 Å². The molecule has 2 N–H and O–H groups in total. The molecule has 0 radical (unpaired) electrons. The highest BCUT2D eigenvalue weighted by molar-refractivity contribution is 5.29. The van der Waals surface area contributed by atoms with Gasteiger partial charge in [0.1, 0.15) is 0 Å². The number of nitriles is 1. The molecular formula is C30H47NO2. The lowest BCUT2D eigenvalue weighted by Gasteiger charge is -2.58. The molecule has 9 atom stereocenters. The van der Waals surface area contributed by atoms with Gasteiger partial charge in [0.25, 0.3) is 0 Å². The van der Waals surface area contributed by atoms with Gasteiger partial charge in [-0.25, -0.2) is 0 Å². The van der Waals surface area contributed by atoms with Crippen LogP contribution in [0, 0.1) is 57.2 Å². The lowest BCUT2D eigenvalue weighted by Crippen LogP contribution is -2.51. The highest BCUT2D eigenvalue weighted by Gasteiger charge is 2.58. The molecule has 4 saturated carbocycles. The molecule has 0 heterocycles. The second-order valence-corrected chi connectivity index (χ2v) is 13.9. The smallest absolute Gasteiger partial charge is 0.0832 e. The van der Waals surface area contributed by atoms with Crippen molar-refractivity contribution >= 4 is 0 Å². The molecule has 5 rings (SSSR count). The van der Waals surface area contributed by atoms with E-state index >= 15 is 0 Å². The molecule has 5 aliphatic rings. The van der Waals surface area contributed by atoms with E-state index in [4.69, 9.17) is 0 Å². The highest BCUT2D eigenvalue weighted by Crippen LogP contribution is 2.67. The zero-order valence-electron chi connectivity index (χ0n) is 21.6. The van der Waals surface area contributed by atoms with E-state index in [9.17, 15) is 15.5 Å². The zero-order valence-corrected chi connectivity index (χ0v) is 21.6. The molecule has 3 nitrogen and oxygen atoms in total. The van der Waals surface area contributed by atoms with Crippen LogP contribution in [0.5, 0.6) is 0 Å². The van der Waals surface area contributed by atoms with E-state index in [1.165, 1.54) is 32.1 Å². The molecule has 0 spiro atoms. The van der Waals surface area contributed by atoms with Crippen molar-refractivity contribution in [1.82, 2.24) is 0 Å². The molecule has 4 fully saturated rings. The van der Waals surface area contributed by atoms with Crippen LogP contribution in [0.1, 0.15) is 111 Å². The van der Waals surface area contributed by atoms with E-state index in [2.05, 4.69) is 32.9 Å². The largest absolute Gasteiger partial charge is 0.391 e. The second kappa shape index (κ2) is 8.09. The first-order valence-electron chi connectivity index (χ1n) is 14.1. The number of aliphatic hydroxyl groups excluding tert-OH is 1. The van der Waals surface area contributed by atoms with Gasteiger partial charge in [0.15, 0.2) is 0 Å². The maximum absolute atomic E-state index is 10.8. The van der Waals surface area contributed by atoms with Crippen LogP contribution in [0.25, 0.3) is 0 Å². The average Bonchev–Trinajstić information content (AvgIpc) is 3.09. The Labute approximate surface area is 202 Å². The summed E-state index contributed by atoms with van der Waals surface area (Å²) in [7, 11) is 0. The Kier molecular flexibility index (Phi) is 5.85. The van der Waals surface area contributed by atoms with Gasteiger partial charge in [-0.1, -0.05) is 38.8 Å². The Morgan fingerprint density at radius 1 is 1.06 bits per heavy atom. The standard InChI is InChI=1S/C30H47NO2/c1-20(6-11-26(32)30(19-31)13-5-14-30)23-9-10-24-22-8-7-21-18-27(2,33)16-17-28(21,3)25(22)12-15-29(23,24)4/h12,20-24,26,32-33H,5-11,13-18H2,1-4H3/t20-,21+,22+,23-,24+,26+,27+,28+,29-/m1/s1. The van der Waals surface area contributed by atoms with Crippen LogP contribution in [-0.4, -0.2) is 21.9 Å². The fraction of sp³-hybridized carbons (Fsp3) is 0.900. The number of rotatable bonds is 5. The normalized spacial score (nSPS) is 47.7. The molecular weight excluding hydrogens is 406 g/mol. The Morgan fingerprint density at radius 2 is 1.82 bits per heavy atom. The van der Waals surface area contributed by atoms with Gasteiger partial charge in [-0.05, 0) is 124 Å². The maximum atomic E-state index is 10.8. The molecule has 184 valence electrons. The van der Waals surface area contributed by atoms with Crippen molar-refractivity contribution in [3.05, 3.63) is 11.6 Å². The molecule has 0 unspecified atom stereocenters. The summed E-state index contributed by atoms with van der Waals surface area (Å²) in [5.41, 5.74) is 1.53. The first kappa shape index (κ1) is 23.9. The summed E-state index contributed by atoms with van der Waals surface area (Å²) in [5.74, 6) is 3.52. The summed E-state index contributed by atoms with van der Waals surface area (Å²) >= 11 is 0. The highest BCUT2D eigenvalue weighted by atomic mass is 16.3. The fourth-order valence-corrected chi connectivity index (χ4v) is 9.65. The van der Waals surface area contributed by atoms with E-state index in [1.807, 2.05) is 6.92 Å². The molecule has 33 heavy (non-hydrogen) atoms. The SMILES string of the molecule is C[C@H](CC[C@H](O)C1(C#N)CCC1)[C@H]1CC[C@H]2[C@@H]3CC[C@H]4C[C@@](C)(O)CC[C@]4(C)C3=CC[C@]12C. The van der Waals surface area contributed by atoms with Gasteiger partial charge >= 0.3 is 0 Å². The average molecular weight is 454 g/mol. The predicted octanol–water partition coefficient (Wildman–Crippen LogP) is 6.79. The van der Waals surface area contributed by atoms with E-state index in [1.54, 1.807) is 5.57 Å². The van der Waals surface area contributed by atoms with Gasteiger partial charge in [-0.2, -0.15) is 5.26 Å². The van der Waals surface area contributed by atoms with Crippen LogP contribution in [0.15, 0.2) is 11.6 Å². The topological polar surface area (TPSA) is 64.2 Å². The second-order valence-electron chi connectivity index (χ2n) is 13.9. The lowest BCUT2D eigenvalue weighted by molar-refractivity contribution is -0.0649. The summed E-state index contributed by atoms with van der Waals surface area (Å²) in [6.07, 6.45) is 16.5. The van der Waals surface area contributed by atoms with E-state index < -0.39 is 17.1 Å². The summed E-state index contributed by atoms with van der Waals surface area (Å²) in [4.78, 5) is 0. The number of fused-ring (bicyclic) bond motifs is 5. The fourth-order valence-electron chi connectivity index (χ4n) is 9.65. The van der Waals surface area contributed by atoms with Crippen molar-refractivity contribution in [2.75, 3.05) is 0 Å². The predicted molar refractivity (Wildman–Crippen MR) is 132 cm³/mol. The van der Waals surface area contributed by atoms with Crippen molar-refractivity contribution in [3.63, 3.8) is 0 Å². The number of hydrogen-bond donors (Lipinski definition) is 2. The Hall–Kier alpha value is -0.850. The van der Waals surface area contributed by atoms with Crippen molar-refractivity contribution in [2.24, 2.45) is 45.8 Å². The minimum absolute atomic E-state index is 0.300. The monoisotopic (exact) mass is 453 g/mol. The van der Waals surface area contributed by atoms with Crippen molar-refractivity contribution in [3.8, 4) is 6.07 Å². The molecule has 0 saturated heterocycles. The molecule has 0 aliphatic heterocycles. The molecule has 0 aromatic heterocycles. The number of allylic oxidation sites excluding steroid dienone is 2. The molecule has 0 aromatic rings. The van der Waals surface area contributed by atoms with E-state index in [0.717, 1.165) is 69.1 Å². The van der Waals surface area contributed by atoms with Crippen LogP contribution >= 0.6 is 0 Å². The molecule has 0 aromatic carbocycles. The molecule has 0 amide bonds. The van der Waals surface area contributed by atoms with Crippen LogP contribution < -0.4 is 0 Å². The van der Waals surface area contributed by atoms with Gasteiger partial charge in [0.2, 0.25) is 0 Å². The third kappa shape index (κ3) is 3.65. The van der Waals surface area contributed by atoms with Gasteiger partial charge in [-0.3, -0.25) is 0 Å². The summed E-state index contributed by atoms with van der Waals surface area (Å²) in [6.45, 7) is 9.58. The third-order valence-electron chi connectivity index (χ3n) is 12.1. The molecule has 5 aliphatic carbocycles. The van der Waals surface area contributed by atoms with E-state index in [-0.39, 0.29) is 0 Å². The summed E-state index contributed by atoms with van der Waals surface area (Å²) in [5, 5.41) is 31.1. The van der Waals surface area contributed by atoms with Gasteiger partial charge < -0.3 is 10.2 Å². The number of aliphatic hydroxyl groups is 2. The quantitative estimate of drug-likeness (QED) is 0.451. The Balaban J connectivity index is 1.29. The number of hydrogen-bond acceptors (Lipinski definition) is 3.